The molecular weight excluding hydrogens is 559 g/mol. The fourth-order valence-corrected chi connectivity index (χ4v) is 5.39. The van der Waals surface area contributed by atoms with Gasteiger partial charge in [0.1, 0.15) is 12.4 Å². The van der Waals surface area contributed by atoms with Crippen LogP contribution in [0, 0.1) is 17.7 Å². The molecule has 0 unspecified atom stereocenters. The van der Waals surface area contributed by atoms with Gasteiger partial charge in [0.2, 0.25) is 11.8 Å². The molecule has 1 aliphatic rings. The lowest BCUT2D eigenvalue weighted by Gasteiger charge is -2.26. The normalized spacial score (nSPS) is 20.3. The molecule has 4 rings (SSSR count). The van der Waals surface area contributed by atoms with E-state index in [1.807, 2.05) is 72.8 Å². The van der Waals surface area contributed by atoms with Crippen LogP contribution < -0.4 is 5.32 Å². The van der Waals surface area contributed by atoms with Crippen molar-refractivity contribution in [3.8, 4) is 0 Å². The maximum absolute atomic E-state index is 13.7. The number of rotatable bonds is 10. The average Bonchev–Trinajstić information content (AvgIpc) is 3.04. The third-order valence-electron chi connectivity index (χ3n) is 7.83. The molecule has 0 bridgehead atoms. The monoisotopic (exact) mass is 600 g/mol. The number of ether oxygens (including phenoxy) is 1. The van der Waals surface area contributed by atoms with E-state index in [1.165, 1.54) is 12.1 Å². The third-order valence-corrected chi connectivity index (χ3v) is 7.83. The molecule has 0 fully saturated rings. The van der Waals surface area contributed by atoms with Crippen molar-refractivity contribution in [1.82, 2.24) is 10.2 Å². The molecule has 0 saturated carbocycles. The zero-order valence-electron chi connectivity index (χ0n) is 24.9. The van der Waals surface area contributed by atoms with E-state index >= 15 is 0 Å². The van der Waals surface area contributed by atoms with E-state index in [-0.39, 0.29) is 49.8 Å². The fraction of sp³-hybridized carbons (Fsp3) is 0.361. The highest BCUT2D eigenvalue weighted by Crippen LogP contribution is 2.20. The SMILES string of the molecule is O=C1N[C@@H](Cc2ccccc2)COC(=O)[C@@H](Cc2ccc(F)cc2)CC/C=C/C[C@@H]1CC(=O)N(CCO)Cc1ccccc1. The number of hydrogen-bond acceptors (Lipinski definition) is 5. The van der Waals surface area contributed by atoms with E-state index < -0.39 is 17.9 Å². The van der Waals surface area contributed by atoms with Crippen molar-refractivity contribution in [1.29, 1.82) is 0 Å². The molecule has 3 aromatic rings. The van der Waals surface area contributed by atoms with E-state index in [0.29, 0.717) is 38.6 Å². The van der Waals surface area contributed by atoms with Crippen LogP contribution in [0.25, 0.3) is 0 Å². The predicted molar refractivity (Wildman–Crippen MR) is 167 cm³/mol. The third kappa shape index (κ3) is 10.5. The van der Waals surface area contributed by atoms with Gasteiger partial charge in [0.25, 0.3) is 0 Å². The lowest BCUT2D eigenvalue weighted by Crippen LogP contribution is -2.45. The predicted octanol–water partition coefficient (Wildman–Crippen LogP) is 5.02. The van der Waals surface area contributed by atoms with E-state index in [0.717, 1.165) is 16.7 Å². The van der Waals surface area contributed by atoms with Gasteiger partial charge in [0, 0.05) is 19.5 Å². The van der Waals surface area contributed by atoms with Crippen LogP contribution in [0.15, 0.2) is 97.1 Å². The molecule has 1 heterocycles. The zero-order chi connectivity index (χ0) is 31.1. The van der Waals surface area contributed by atoms with Crippen molar-refractivity contribution in [2.75, 3.05) is 19.8 Å². The second-order valence-electron chi connectivity index (χ2n) is 11.3. The molecule has 8 heteroatoms. The Balaban J connectivity index is 1.52. The second kappa shape index (κ2) is 17.1. The molecule has 2 amide bonds. The van der Waals surface area contributed by atoms with Gasteiger partial charge < -0.3 is 20.1 Å². The minimum atomic E-state index is -0.638. The molecule has 0 aliphatic carbocycles. The summed E-state index contributed by atoms with van der Waals surface area (Å²) in [5.74, 6) is -2.26. The smallest absolute Gasteiger partial charge is 0.309 e. The van der Waals surface area contributed by atoms with Gasteiger partial charge in [-0.2, -0.15) is 0 Å². The van der Waals surface area contributed by atoms with Crippen LogP contribution in [0.4, 0.5) is 4.39 Å². The number of carbonyl (C=O) groups excluding carboxylic acids is 3. The topological polar surface area (TPSA) is 95.9 Å². The van der Waals surface area contributed by atoms with Gasteiger partial charge in [-0.3, -0.25) is 14.4 Å². The number of nitrogens with one attached hydrogen (secondary N) is 1. The summed E-state index contributed by atoms with van der Waals surface area (Å²) in [6.07, 6.45) is 6.15. The van der Waals surface area contributed by atoms with Gasteiger partial charge in [-0.1, -0.05) is 84.9 Å². The van der Waals surface area contributed by atoms with Gasteiger partial charge in [0.05, 0.1) is 24.5 Å². The number of hydrogen-bond donors (Lipinski definition) is 2. The molecule has 0 aromatic heterocycles. The zero-order valence-corrected chi connectivity index (χ0v) is 24.9. The molecule has 1 aliphatic heterocycles. The van der Waals surface area contributed by atoms with Crippen molar-refractivity contribution < 1.29 is 28.6 Å². The van der Waals surface area contributed by atoms with Crippen molar-refractivity contribution in [3.05, 3.63) is 120 Å². The summed E-state index contributed by atoms with van der Waals surface area (Å²) < 4.78 is 19.3. The van der Waals surface area contributed by atoms with Gasteiger partial charge in [0.15, 0.2) is 0 Å². The Morgan fingerprint density at radius 3 is 2.20 bits per heavy atom. The number of esters is 1. The van der Waals surface area contributed by atoms with Crippen LogP contribution in [0.1, 0.15) is 42.4 Å². The number of halogens is 1. The van der Waals surface area contributed by atoms with Crippen LogP contribution in [0.2, 0.25) is 0 Å². The summed E-state index contributed by atoms with van der Waals surface area (Å²) in [5.41, 5.74) is 2.76. The summed E-state index contributed by atoms with van der Waals surface area (Å²) in [6, 6.07) is 24.8. The maximum atomic E-state index is 13.7. The van der Waals surface area contributed by atoms with E-state index in [1.54, 1.807) is 17.0 Å². The first-order chi connectivity index (χ1) is 21.4. The first-order valence-corrected chi connectivity index (χ1v) is 15.2. The summed E-state index contributed by atoms with van der Waals surface area (Å²) in [5, 5.41) is 12.7. The molecule has 0 radical (unpaired) electrons. The number of carbonyl (C=O) groups is 3. The summed E-state index contributed by atoms with van der Waals surface area (Å²) in [4.78, 5) is 42.0. The Morgan fingerprint density at radius 2 is 1.52 bits per heavy atom. The fourth-order valence-electron chi connectivity index (χ4n) is 5.39. The van der Waals surface area contributed by atoms with Crippen molar-refractivity contribution >= 4 is 17.8 Å². The highest BCUT2D eigenvalue weighted by atomic mass is 19.1. The van der Waals surface area contributed by atoms with E-state index in [2.05, 4.69) is 5.32 Å². The highest BCUT2D eigenvalue weighted by Gasteiger charge is 2.28. The molecule has 0 saturated heterocycles. The summed E-state index contributed by atoms with van der Waals surface area (Å²) >= 11 is 0. The first-order valence-electron chi connectivity index (χ1n) is 15.2. The Kier molecular flexibility index (Phi) is 12.7. The molecule has 7 nitrogen and oxygen atoms in total. The van der Waals surface area contributed by atoms with Gasteiger partial charge in [-0.05, 0) is 60.9 Å². The van der Waals surface area contributed by atoms with Crippen LogP contribution in [0.5, 0.6) is 0 Å². The maximum Gasteiger partial charge on any atom is 0.309 e. The number of benzene rings is 3. The van der Waals surface area contributed by atoms with Crippen LogP contribution in [0.3, 0.4) is 0 Å². The number of allylic oxidation sites excluding steroid dienone is 2. The standard InChI is InChI=1S/C36H41FN2O5/c37-32-18-16-28(17-19-32)22-31-15-9-3-8-14-30(24-34(41)39(20-21-40)25-29-12-6-2-7-13-29)35(42)38-33(26-44-36(31)43)23-27-10-4-1-5-11-27/h1-8,10-13,16-19,30-31,33,40H,9,14-15,20-26H2,(H,38,42)/b8-3+/t30-,31-,33+/m1/s1. The van der Waals surface area contributed by atoms with Crippen molar-refractivity contribution in [3.63, 3.8) is 0 Å². The molecule has 3 aromatic carbocycles. The van der Waals surface area contributed by atoms with Crippen LogP contribution in [-0.4, -0.2) is 53.6 Å². The Labute approximate surface area is 258 Å². The van der Waals surface area contributed by atoms with Gasteiger partial charge in [-0.25, -0.2) is 4.39 Å². The Morgan fingerprint density at radius 1 is 0.864 bits per heavy atom. The number of aliphatic hydroxyl groups excluding tert-OH is 1. The number of cyclic esters (lactones) is 1. The highest BCUT2D eigenvalue weighted by molar-refractivity contribution is 5.86. The van der Waals surface area contributed by atoms with E-state index in [9.17, 15) is 23.9 Å². The number of amides is 2. The largest absolute Gasteiger partial charge is 0.463 e. The second-order valence-corrected chi connectivity index (χ2v) is 11.3. The molecular formula is C36H41FN2O5. The quantitative estimate of drug-likeness (QED) is 0.252. The summed E-state index contributed by atoms with van der Waals surface area (Å²) in [6.45, 7) is 0.309. The van der Waals surface area contributed by atoms with Crippen LogP contribution in [-0.2, 0) is 38.5 Å². The Hall–Kier alpha value is -4.30. The van der Waals surface area contributed by atoms with Crippen molar-refractivity contribution in [2.24, 2.45) is 11.8 Å². The lowest BCUT2D eigenvalue weighted by atomic mass is 9.94. The van der Waals surface area contributed by atoms with Gasteiger partial charge >= 0.3 is 5.97 Å². The Bertz CT molecular complexity index is 1360. The average molecular weight is 601 g/mol. The minimum absolute atomic E-state index is 0.0157. The minimum Gasteiger partial charge on any atom is -0.463 e. The molecule has 0 spiro atoms. The first kappa shape index (κ1) is 32.6. The molecule has 2 N–H and O–H groups in total. The van der Waals surface area contributed by atoms with Gasteiger partial charge in [-0.15, -0.1) is 0 Å². The van der Waals surface area contributed by atoms with Crippen LogP contribution >= 0.6 is 0 Å². The number of aliphatic hydroxyl groups is 1. The lowest BCUT2D eigenvalue weighted by molar-refractivity contribution is -0.150. The van der Waals surface area contributed by atoms with E-state index in [4.69, 9.17) is 4.74 Å². The van der Waals surface area contributed by atoms with Crippen molar-refractivity contribution in [2.45, 2.75) is 51.1 Å². The molecule has 232 valence electrons. The molecule has 44 heavy (non-hydrogen) atoms. The molecule has 3 atom stereocenters. The summed E-state index contributed by atoms with van der Waals surface area (Å²) in [7, 11) is 0. The number of nitrogens with zero attached hydrogens (tertiary/aromatic N) is 1.